The maximum atomic E-state index is 12.5. The normalized spacial score (nSPS) is 12.2. The number of methoxy groups -OCH3 is 1. The third kappa shape index (κ3) is 4.75. The summed E-state index contributed by atoms with van der Waals surface area (Å²) in [5.41, 5.74) is -0.515. The number of esters is 1. The van der Waals surface area contributed by atoms with Crippen molar-refractivity contribution in [3.8, 4) is 5.75 Å². The summed E-state index contributed by atoms with van der Waals surface area (Å²) in [6.45, 7) is 1.35. The van der Waals surface area contributed by atoms with Gasteiger partial charge in [-0.2, -0.15) is 13.2 Å². The van der Waals surface area contributed by atoms with Crippen LogP contribution in [0.4, 0.5) is 18.9 Å². The minimum absolute atomic E-state index is 0.156. The molecule has 0 heterocycles. The number of nitrogens with one attached hydrogen (secondary N) is 1. The summed E-state index contributed by atoms with van der Waals surface area (Å²) < 4.78 is 47.7. The SMILES string of the molecule is COc1ccccc1C(=O)O[C@@H](C)C(=O)Nc1ccc(C(F)(F)F)cc1. The van der Waals surface area contributed by atoms with Crippen molar-refractivity contribution in [3.05, 3.63) is 59.7 Å². The first-order chi connectivity index (χ1) is 12.2. The zero-order valence-corrected chi connectivity index (χ0v) is 14.0. The monoisotopic (exact) mass is 367 g/mol. The number of hydrogen-bond acceptors (Lipinski definition) is 4. The molecule has 0 aromatic heterocycles. The van der Waals surface area contributed by atoms with Crippen LogP contribution in [-0.2, 0) is 15.7 Å². The average molecular weight is 367 g/mol. The number of alkyl halides is 3. The van der Waals surface area contributed by atoms with E-state index in [0.717, 1.165) is 24.3 Å². The van der Waals surface area contributed by atoms with E-state index in [0.29, 0.717) is 5.75 Å². The molecule has 138 valence electrons. The van der Waals surface area contributed by atoms with Gasteiger partial charge in [0.25, 0.3) is 5.91 Å². The molecule has 0 radical (unpaired) electrons. The van der Waals surface area contributed by atoms with E-state index in [4.69, 9.17) is 9.47 Å². The van der Waals surface area contributed by atoms with Gasteiger partial charge in [-0.05, 0) is 43.3 Å². The molecule has 0 saturated carbocycles. The van der Waals surface area contributed by atoms with Gasteiger partial charge in [-0.3, -0.25) is 4.79 Å². The predicted molar refractivity (Wildman–Crippen MR) is 87.9 cm³/mol. The fourth-order valence-corrected chi connectivity index (χ4v) is 2.08. The van der Waals surface area contributed by atoms with Crippen LogP contribution in [0.15, 0.2) is 48.5 Å². The number of carbonyl (C=O) groups is 2. The Morgan fingerprint density at radius 2 is 1.65 bits per heavy atom. The lowest BCUT2D eigenvalue weighted by Gasteiger charge is -2.15. The molecule has 26 heavy (non-hydrogen) atoms. The lowest BCUT2D eigenvalue weighted by molar-refractivity contribution is -0.137. The van der Waals surface area contributed by atoms with Crippen LogP contribution >= 0.6 is 0 Å². The van der Waals surface area contributed by atoms with Crippen LogP contribution in [0.3, 0.4) is 0 Å². The molecule has 0 fully saturated rings. The summed E-state index contributed by atoms with van der Waals surface area (Å²) in [5.74, 6) is -1.13. The first-order valence-electron chi connectivity index (χ1n) is 7.54. The number of rotatable bonds is 5. The van der Waals surface area contributed by atoms with Crippen LogP contribution in [0.2, 0.25) is 0 Å². The Morgan fingerprint density at radius 3 is 2.23 bits per heavy atom. The van der Waals surface area contributed by atoms with E-state index in [1.54, 1.807) is 18.2 Å². The van der Waals surface area contributed by atoms with Gasteiger partial charge < -0.3 is 14.8 Å². The van der Waals surface area contributed by atoms with Gasteiger partial charge in [-0.1, -0.05) is 12.1 Å². The number of hydrogen-bond donors (Lipinski definition) is 1. The second-order valence-corrected chi connectivity index (χ2v) is 5.31. The number of para-hydroxylation sites is 1. The van der Waals surface area contributed by atoms with Gasteiger partial charge in [0.05, 0.1) is 12.7 Å². The third-order valence-corrected chi connectivity index (χ3v) is 3.46. The van der Waals surface area contributed by atoms with Crippen molar-refractivity contribution in [2.75, 3.05) is 12.4 Å². The van der Waals surface area contributed by atoms with E-state index in [1.807, 2.05) is 0 Å². The number of anilines is 1. The fourth-order valence-electron chi connectivity index (χ4n) is 2.08. The molecule has 8 heteroatoms. The molecule has 0 saturated heterocycles. The van der Waals surface area contributed by atoms with Crippen LogP contribution in [0.25, 0.3) is 0 Å². The van der Waals surface area contributed by atoms with Crippen molar-refractivity contribution in [2.45, 2.75) is 19.2 Å². The van der Waals surface area contributed by atoms with Crippen molar-refractivity contribution < 1.29 is 32.2 Å². The topological polar surface area (TPSA) is 64.6 Å². The van der Waals surface area contributed by atoms with Crippen molar-refractivity contribution in [2.24, 2.45) is 0 Å². The lowest BCUT2D eigenvalue weighted by Crippen LogP contribution is -2.30. The van der Waals surface area contributed by atoms with Crippen LogP contribution in [-0.4, -0.2) is 25.1 Å². The highest BCUT2D eigenvalue weighted by Crippen LogP contribution is 2.29. The molecule has 0 aliphatic heterocycles. The zero-order chi connectivity index (χ0) is 19.3. The average Bonchev–Trinajstić information content (AvgIpc) is 2.61. The molecule has 0 aliphatic carbocycles. The highest BCUT2D eigenvalue weighted by molar-refractivity contribution is 5.98. The molecule has 0 spiro atoms. The first-order valence-corrected chi connectivity index (χ1v) is 7.54. The summed E-state index contributed by atoms with van der Waals surface area (Å²) >= 11 is 0. The lowest BCUT2D eigenvalue weighted by atomic mass is 10.2. The molecule has 1 amide bonds. The van der Waals surface area contributed by atoms with E-state index in [-0.39, 0.29) is 11.3 Å². The third-order valence-electron chi connectivity index (χ3n) is 3.46. The molecule has 5 nitrogen and oxygen atoms in total. The summed E-state index contributed by atoms with van der Waals surface area (Å²) in [6.07, 6.45) is -5.62. The van der Waals surface area contributed by atoms with Gasteiger partial charge in [-0.25, -0.2) is 4.79 Å². The van der Waals surface area contributed by atoms with Crippen molar-refractivity contribution in [1.29, 1.82) is 0 Å². The van der Waals surface area contributed by atoms with Gasteiger partial charge in [-0.15, -0.1) is 0 Å². The van der Waals surface area contributed by atoms with Gasteiger partial charge in [0, 0.05) is 5.69 Å². The summed E-state index contributed by atoms with van der Waals surface area (Å²) in [4.78, 5) is 24.2. The van der Waals surface area contributed by atoms with Gasteiger partial charge >= 0.3 is 12.1 Å². The fraction of sp³-hybridized carbons (Fsp3) is 0.222. The van der Waals surface area contributed by atoms with E-state index in [2.05, 4.69) is 5.32 Å². The Hall–Kier alpha value is -3.03. The molecule has 0 unspecified atom stereocenters. The Kier molecular flexibility index (Phi) is 5.86. The second-order valence-electron chi connectivity index (χ2n) is 5.31. The van der Waals surface area contributed by atoms with Crippen molar-refractivity contribution in [3.63, 3.8) is 0 Å². The summed E-state index contributed by atoms with van der Waals surface area (Å²) in [7, 11) is 1.40. The maximum absolute atomic E-state index is 12.5. The molecule has 0 aliphatic rings. The van der Waals surface area contributed by atoms with Crippen LogP contribution in [0.5, 0.6) is 5.75 Å². The minimum Gasteiger partial charge on any atom is -0.496 e. The largest absolute Gasteiger partial charge is 0.496 e. The molecule has 2 aromatic rings. The number of amides is 1. The van der Waals surface area contributed by atoms with E-state index < -0.39 is 29.7 Å². The standard InChI is InChI=1S/C18H16F3NO4/c1-11(26-17(24)14-5-3-4-6-15(14)25-2)16(23)22-13-9-7-12(8-10-13)18(19,20)21/h3-11H,1-2H3,(H,22,23)/t11-/m0/s1. The second kappa shape index (κ2) is 7.90. The van der Waals surface area contributed by atoms with Crippen molar-refractivity contribution in [1.82, 2.24) is 0 Å². The Balaban J connectivity index is 2.00. The Morgan fingerprint density at radius 1 is 1.04 bits per heavy atom. The van der Waals surface area contributed by atoms with Crippen LogP contribution < -0.4 is 10.1 Å². The predicted octanol–water partition coefficient (Wildman–Crippen LogP) is 3.90. The van der Waals surface area contributed by atoms with Crippen LogP contribution in [0, 0.1) is 0 Å². The van der Waals surface area contributed by atoms with E-state index in [1.165, 1.54) is 20.1 Å². The molecule has 0 bridgehead atoms. The first kappa shape index (κ1) is 19.3. The highest BCUT2D eigenvalue weighted by Gasteiger charge is 2.30. The molecular weight excluding hydrogens is 351 g/mol. The maximum Gasteiger partial charge on any atom is 0.416 e. The molecular formula is C18H16F3NO4. The van der Waals surface area contributed by atoms with Gasteiger partial charge in [0.2, 0.25) is 0 Å². The minimum atomic E-state index is -4.46. The quantitative estimate of drug-likeness (QED) is 0.814. The van der Waals surface area contributed by atoms with Crippen molar-refractivity contribution >= 4 is 17.6 Å². The number of benzene rings is 2. The van der Waals surface area contributed by atoms with Gasteiger partial charge in [0.15, 0.2) is 6.10 Å². The highest BCUT2D eigenvalue weighted by atomic mass is 19.4. The summed E-state index contributed by atoms with van der Waals surface area (Å²) in [6, 6.07) is 10.3. The molecule has 2 rings (SSSR count). The Bertz CT molecular complexity index is 788. The number of carbonyl (C=O) groups excluding carboxylic acids is 2. The smallest absolute Gasteiger partial charge is 0.416 e. The van der Waals surface area contributed by atoms with E-state index in [9.17, 15) is 22.8 Å². The molecule has 2 aromatic carbocycles. The van der Waals surface area contributed by atoms with Crippen LogP contribution in [0.1, 0.15) is 22.8 Å². The van der Waals surface area contributed by atoms with E-state index >= 15 is 0 Å². The molecule has 1 N–H and O–H groups in total. The number of ether oxygens (including phenoxy) is 2. The summed E-state index contributed by atoms with van der Waals surface area (Å²) in [5, 5.41) is 2.39. The van der Waals surface area contributed by atoms with Gasteiger partial charge in [0.1, 0.15) is 11.3 Å². The Labute approximate surface area is 147 Å². The zero-order valence-electron chi connectivity index (χ0n) is 14.0. The molecule has 1 atom stereocenters. The number of halogens is 3.